The summed E-state index contributed by atoms with van der Waals surface area (Å²) in [5.41, 5.74) is 5.40. The first-order chi connectivity index (χ1) is 6.96. The zero-order chi connectivity index (χ0) is 11.5. The van der Waals surface area contributed by atoms with E-state index < -0.39 is 9.84 Å². The van der Waals surface area contributed by atoms with Crippen LogP contribution in [-0.2, 0) is 9.84 Å². The van der Waals surface area contributed by atoms with E-state index in [4.69, 9.17) is 5.73 Å². The van der Waals surface area contributed by atoms with Gasteiger partial charge in [-0.15, -0.1) is 0 Å². The van der Waals surface area contributed by atoms with Crippen molar-refractivity contribution in [1.82, 2.24) is 5.32 Å². The van der Waals surface area contributed by atoms with E-state index in [1.165, 1.54) is 6.26 Å². The molecule has 0 aromatic rings. The fourth-order valence-corrected chi connectivity index (χ4v) is 4.26. The smallest absolute Gasteiger partial charge is 0.152 e. The second-order valence-corrected chi connectivity index (χ2v) is 6.73. The molecule has 15 heavy (non-hydrogen) atoms. The highest BCUT2D eigenvalue weighted by molar-refractivity contribution is 7.91. The normalized spacial score (nSPS) is 32.1. The summed E-state index contributed by atoms with van der Waals surface area (Å²) >= 11 is 0. The minimum absolute atomic E-state index is 0.304. The Bertz CT molecular complexity index is 303. The number of nitrogens with one attached hydrogen (secondary N) is 1. The summed E-state index contributed by atoms with van der Waals surface area (Å²) < 4.78 is 23.4. The minimum Gasteiger partial charge on any atom is -0.329 e. The highest BCUT2D eigenvalue weighted by atomic mass is 32.2. The van der Waals surface area contributed by atoms with E-state index in [2.05, 4.69) is 12.2 Å². The zero-order valence-corrected chi connectivity index (χ0v) is 10.4. The molecule has 1 aliphatic carbocycles. The average Bonchev–Trinajstić information content (AvgIpc) is 2.58. The maximum Gasteiger partial charge on any atom is 0.152 e. The number of nitrogens with two attached hydrogens (primary N) is 1. The van der Waals surface area contributed by atoms with E-state index in [9.17, 15) is 8.42 Å². The molecule has 0 bridgehead atoms. The van der Waals surface area contributed by atoms with Gasteiger partial charge in [-0.05, 0) is 25.8 Å². The van der Waals surface area contributed by atoms with E-state index in [0.29, 0.717) is 6.54 Å². The lowest BCUT2D eigenvalue weighted by Gasteiger charge is -2.34. The van der Waals surface area contributed by atoms with E-state index in [-0.39, 0.29) is 10.8 Å². The highest BCUT2D eigenvalue weighted by Gasteiger charge is 2.46. The van der Waals surface area contributed by atoms with Crippen LogP contribution in [0, 0.1) is 0 Å². The first-order valence-corrected chi connectivity index (χ1v) is 7.55. The van der Waals surface area contributed by atoms with Crippen LogP contribution in [0.1, 0.15) is 32.6 Å². The standard InChI is InChI=1S/C10H22N2O2S/c1-3-7-12-10(8-11)6-4-5-9(10)15(2,13)14/h9,12H,3-8,11H2,1-2H3. The lowest BCUT2D eigenvalue weighted by molar-refractivity contribution is 0.342. The van der Waals surface area contributed by atoms with Crippen molar-refractivity contribution in [2.45, 2.75) is 43.4 Å². The summed E-state index contributed by atoms with van der Waals surface area (Å²) in [4.78, 5) is 0. The SMILES string of the molecule is CCCNC1(CN)CCCC1S(C)(=O)=O. The Labute approximate surface area is 92.5 Å². The molecule has 0 heterocycles. The first-order valence-electron chi connectivity index (χ1n) is 5.60. The topological polar surface area (TPSA) is 72.2 Å². The van der Waals surface area contributed by atoms with Crippen molar-refractivity contribution >= 4 is 9.84 Å². The molecule has 1 saturated carbocycles. The third kappa shape index (κ3) is 2.71. The summed E-state index contributed by atoms with van der Waals surface area (Å²) in [6, 6.07) is 0. The van der Waals surface area contributed by atoms with Gasteiger partial charge in [-0.1, -0.05) is 13.3 Å². The third-order valence-electron chi connectivity index (χ3n) is 3.31. The van der Waals surface area contributed by atoms with Crippen LogP contribution in [-0.4, -0.2) is 38.6 Å². The van der Waals surface area contributed by atoms with Crippen LogP contribution in [0.4, 0.5) is 0 Å². The monoisotopic (exact) mass is 234 g/mol. The van der Waals surface area contributed by atoms with Crippen molar-refractivity contribution in [1.29, 1.82) is 0 Å². The molecule has 0 spiro atoms. The van der Waals surface area contributed by atoms with Crippen molar-refractivity contribution in [2.24, 2.45) is 5.73 Å². The van der Waals surface area contributed by atoms with Gasteiger partial charge in [0, 0.05) is 18.3 Å². The van der Waals surface area contributed by atoms with Gasteiger partial charge in [-0.25, -0.2) is 8.42 Å². The minimum atomic E-state index is -3.00. The van der Waals surface area contributed by atoms with Gasteiger partial charge >= 0.3 is 0 Å². The first kappa shape index (κ1) is 12.9. The van der Waals surface area contributed by atoms with Crippen molar-refractivity contribution in [3.63, 3.8) is 0 Å². The van der Waals surface area contributed by atoms with Gasteiger partial charge in [0.1, 0.15) is 0 Å². The van der Waals surface area contributed by atoms with Crippen LogP contribution >= 0.6 is 0 Å². The van der Waals surface area contributed by atoms with Crippen LogP contribution in [0.3, 0.4) is 0 Å². The van der Waals surface area contributed by atoms with Crippen molar-refractivity contribution < 1.29 is 8.42 Å². The quantitative estimate of drug-likeness (QED) is 0.717. The van der Waals surface area contributed by atoms with Crippen LogP contribution in [0.5, 0.6) is 0 Å². The van der Waals surface area contributed by atoms with Gasteiger partial charge in [-0.3, -0.25) is 0 Å². The molecule has 90 valence electrons. The summed E-state index contributed by atoms with van der Waals surface area (Å²) in [6.45, 7) is 3.32. The molecule has 0 aromatic heterocycles. The molecule has 1 fully saturated rings. The summed E-state index contributed by atoms with van der Waals surface area (Å²) in [7, 11) is -3.00. The Morgan fingerprint density at radius 3 is 2.67 bits per heavy atom. The van der Waals surface area contributed by atoms with Crippen LogP contribution in [0.2, 0.25) is 0 Å². The summed E-state index contributed by atoms with van der Waals surface area (Å²) in [5.74, 6) is 0. The molecule has 1 rings (SSSR count). The predicted molar refractivity (Wildman–Crippen MR) is 62.6 cm³/mol. The summed E-state index contributed by atoms with van der Waals surface area (Å²) in [5, 5.41) is 3.04. The molecular weight excluding hydrogens is 212 g/mol. The molecule has 0 radical (unpaired) electrons. The average molecular weight is 234 g/mol. The Hall–Kier alpha value is -0.130. The molecule has 3 N–H and O–H groups in total. The van der Waals surface area contributed by atoms with Crippen LogP contribution in [0.25, 0.3) is 0 Å². The molecule has 0 aliphatic heterocycles. The third-order valence-corrected chi connectivity index (χ3v) is 5.03. The number of hydrogen-bond acceptors (Lipinski definition) is 4. The maximum absolute atomic E-state index is 11.7. The molecule has 1 aliphatic rings. The number of rotatable bonds is 5. The number of hydrogen-bond donors (Lipinski definition) is 2. The van der Waals surface area contributed by atoms with Crippen molar-refractivity contribution in [3.05, 3.63) is 0 Å². The van der Waals surface area contributed by atoms with E-state index in [0.717, 1.165) is 32.2 Å². The van der Waals surface area contributed by atoms with Gasteiger partial charge < -0.3 is 11.1 Å². The lowest BCUT2D eigenvalue weighted by atomic mass is 9.97. The molecule has 2 unspecified atom stereocenters. The van der Waals surface area contributed by atoms with E-state index >= 15 is 0 Å². The van der Waals surface area contributed by atoms with Crippen molar-refractivity contribution in [2.75, 3.05) is 19.3 Å². The number of sulfone groups is 1. The molecule has 0 saturated heterocycles. The molecule has 2 atom stereocenters. The highest BCUT2D eigenvalue weighted by Crippen LogP contribution is 2.34. The van der Waals surface area contributed by atoms with Gasteiger partial charge in [0.05, 0.1) is 5.25 Å². The molecular formula is C10H22N2O2S. The van der Waals surface area contributed by atoms with E-state index in [1.807, 2.05) is 0 Å². The molecule has 4 nitrogen and oxygen atoms in total. The molecule has 0 amide bonds. The fourth-order valence-electron chi connectivity index (χ4n) is 2.55. The Kier molecular flexibility index (Phi) is 4.14. The fraction of sp³-hybridized carbons (Fsp3) is 1.00. The van der Waals surface area contributed by atoms with Gasteiger partial charge in [0.2, 0.25) is 0 Å². The van der Waals surface area contributed by atoms with Gasteiger partial charge in [-0.2, -0.15) is 0 Å². The van der Waals surface area contributed by atoms with Crippen LogP contribution in [0.15, 0.2) is 0 Å². The maximum atomic E-state index is 11.7. The Balaban J connectivity index is 2.86. The van der Waals surface area contributed by atoms with Gasteiger partial charge in [0.25, 0.3) is 0 Å². The predicted octanol–water partition coefficient (Wildman–Crippen LogP) is 0.281. The van der Waals surface area contributed by atoms with Crippen molar-refractivity contribution in [3.8, 4) is 0 Å². The Morgan fingerprint density at radius 1 is 1.53 bits per heavy atom. The molecule has 0 aromatic carbocycles. The second-order valence-electron chi connectivity index (χ2n) is 4.50. The summed E-state index contributed by atoms with van der Waals surface area (Å²) in [6.07, 6.45) is 4.89. The zero-order valence-electron chi connectivity index (χ0n) is 9.62. The largest absolute Gasteiger partial charge is 0.329 e. The van der Waals surface area contributed by atoms with E-state index in [1.54, 1.807) is 0 Å². The molecule has 5 heteroatoms. The lowest BCUT2D eigenvalue weighted by Crippen LogP contribution is -2.58. The van der Waals surface area contributed by atoms with Crippen LogP contribution < -0.4 is 11.1 Å². The van der Waals surface area contributed by atoms with Gasteiger partial charge in [0.15, 0.2) is 9.84 Å². The Morgan fingerprint density at radius 2 is 2.20 bits per heavy atom. The second kappa shape index (κ2) is 4.80.